The summed E-state index contributed by atoms with van der Waals surface area (Å²) in [6.45, 7) is 5.20. The molecule has 0 aliphatic rings. The van der Waals surface area contributed by atoms with Crippen molar-refractivity contribution in [3.05, 3.63) is 23.3 Å². The lowest BCUT2D eigenvalue weighted by atomic mass is 10.5. The number of allylic oxidation sites excluding steroid dienone is 2. The first-order valence-electron chi connectivity index (χ1n) is 2.73. The molecule has 0 aliphatic heterocycles. The molecule has 0 aromatic rings. The fourth-order valence-corrected chi connectivity index (χ4v) is 0.538. The van der Waals surface area contributed by atoms with Crippen LogP contribution in [0, 0.1) is 0 Å². The Kier molecular flexibility index (Phi) is 13.7. The number of aliphatic hydroxyl groups is 1. The second-order valence-corrected chi connectivity index (χ2v) is 1.75. The van der Waals surface area contributed by atoms with Crippen molar-refractivity contribution in [3.63, 3.8) is 0 Å². The smallest absolute Gasteiger partial charge is 0.0393 e. The van der Waals surface area contributed by atoms with E-state index in [9.17, 15) is 0 Å². The van der Waals surface area contributed by atoms with E-state index in [2.05, 4.69) is 24.3 Å². The third-order valence-corrected chi connectivity index (χ3v) is 0.826. The van der Waals surface area contributed by atoms with Gasteiger partial charge in [0.05, 0.1) is 0 Å². The van der Waals surface area contributed by atoms with Crippen molar-refractivity contribution in [1.29, 1.82) is 0 Å². The molecular weight excluding hydrogens is 146 g/mol. The molecule has 0 bridgehead atoms. The zero-order valence-corrected chi connectivity index (χ0v) is 7.18. The normalized spacial score (nSPS) is 10.6. The van der Waals surface area contributed by atoms with E-state index in [4.69, 9.17) is 5.11 Å². The molecule has 1 N–H and O–H groups in total. The van der Waals surface area contributed by atoms with Gasteiger partial charge in [-0.15, -0.1) is 12.6 Å². The highest BCUT2D eigenvalue weighted by Gasteiger charge is 1.73. The molecular formula is C7H13NOS. The molecule has 0 aromatic carbocycles. The maximum absolute atomic E-state index is 7.00. The minimum atomic E-state index is 0.822. The highest BCUT2D eigenvalue weighted by Crippen LogP contribution is 2.00. The minimum Gasteiger partial charge on any atom is -0.400 e. The molecule has 0 saturated carbocycles. The van der Waals surface area contributed by atoms with Crippen LogP contribution < -0.4 is 0 Å². The fraction of sp³-hybridized carbons (Fsp3) is 0.286. The zero-order valence-electron chi connectivity index (χ0n) is 6.28. The molecule has 0 aromatic heterocycles. The largest absolute Gasteiger partial charge is 0.400 e. The summed E-state index contributed by atoms with van der Waals surface area (Å²) in [5.41, 5.74) is 0. The summed E-state index contributed by atoms with van der Waals surface area (Å²) < 4.78 is 0. The molecule has 2 nitrogen and oxygen atoms in total. The second kappa shape index (κ2) is 11.3. The summed E-state index contributed by atoms with van der Waals surface area (Å²) in [7, 11) is 1.00. The lowest BCUT2D eigenvalue weighted by Gasteiger charge is -1.81. The monoisotopic (exact) mass is 159 g/mol. The van der Waals surface area contributed by atoms with Gasteiger partial charge in [-0.3, -0.25) is 4.99 Å². The molecule has 58 valence electrons. The van der Waals surface area contributed by atoms with Gasteiger partial charge in [0.1, 0.15) is 0 Å². The highest BCUT2D eigenvalue weighted by molar-refractivity contribution is 7.84. The average molecular weight is 159 g/mol. The number of aliphatic hydroxyl groups excluding tert-OH is 1. The SMILES string of the molecule is C=N/C=C(S)\C=C/C.CO. The molecule has 0 radical (unpaired) electrons. The van der Waals surface area contributed by atoms with Gasteiger partial charge in [-0.25, -0.2) is 0 Å². The van der Waals surface area contributed by atoms with Crippen molar-refractivity contribution >= 4 is 19.3 Å². The van der Waals surface area contributed by atoms with Crippen molar-refractivity contribution in [2.75, 3.05) is 7.11 Å². The van der Waals surface area contributed by atoms with E-state index in [-0.39, 0.29) is 0 Å². The van der Waals surface area contributed by atoms with Crippen LogP contribution in [0.1, 0.15) is 6.92 Å². The van der Waals surface area contributed by atoms with E-state index in [0.717, 1.165) is 12.0 Å². The highest BCUT2D eigenvalue weighted by atomic mass is 32.1. The average Bonchev–Trinajstić information content (AvgIpc) is 1.93. The third kappa shape index (κ3) is 10.4. The van der Waals surface area contributed by atoms with Gasteiger partial charge in [-0.2, -0.15) is 0 Å². The molecule has 0 fully saturated rings. The molecule has 0 heterocycles. The Morgan fingerprint density at radius 3 is 2.40 bits per heavy atom. The van der Waals surface area contributed by atoms with Crippen LogP contribution in [0.25, 0.3) is 0 Å². The van der Waals surface area contributed by atoms with E-state index in [1.807, 2.05) is 19.1 Å². The Bertz CT molecular complexity index is 130. The first-order chi connectivity index (χ1) is 4.81. The van der Waals surface area contributed by atoms with Crippen LogP contribution in [0.4, 0.5) is 0 Å². The number of hydrogen-bond acceptors (Lipinski definition) is 3. The Balaban J connectivity index is 0. The quantitative estimate of drug-likeness (QED) is 0.358. The fourth-order valence-electron chi connectivity index (χ4n) is 0.307. The zero-order chi connectivity index (χ0) is 8.41. The lowest BCUT2D eigenvalue weighted by Crippen LogP contribution is -1.57. The van der Waals surface area contributed by atoms with Crippen LogP contribution in [0.2, 0.25) is 0 Å². The number of hydrogen-bond donors (Lipinski definition) is 2. The Morgan fingerprint density at radius 2 is 2.10 bits per heavy atom. The van der Waals surface area contributed by atoms with Crippen LogP contribution in [-0.4, -0.2) is 18.9 Å². The molecule has 0 unspecified atom stereocenters. The lowest BCUT2D eigenvalue weighted by molar-refractivity contribution is 0.399. The molecule has 0 spiro atoms. The van der Waals surface area contributed by atoms with Crippen molar-refractivity contribution in [1.82, 2.24) is 0 Å². The van der Waals surface area contributed by atoms with Gasteiger partial charge in [-0.1, -0.05) is 12.2 Å². The first kappa shape index (κ1) is 12.2. The van der Waals surface area contributed by atoms with E-state index in [1.165, 1.54) is 0 Å². The summed E-state index contributed by atoms with van der Waals surface area (Å²) in [4.78, 5) is 4.34. The summed E-state index contributed by atoms with van der Waals surface area (Å²) in [6, 6.07) is 0. The molecule has 0 saturated heterocycles. The van der Waals surface area contributed by atoms with Gasteiger partial charge in [-0.05, 0) is 13.6 Å². The van der Waals surface area contributed by atoms with Gasteiger partial charge < -0.3 is 5.11 Å². The number of nitrogens with zero attached hydrogens (tertiary/aromatic N) is 1. The van der Waals surface area contributed by atoms with Gasteiger partial charge in [0.15, 0.2) is 0 Å². The molecule has 3 heteroatoms. The van der Waals surface area contributed by atoms with Crippen LogP contribution >= 0.6 is 12.6 Å². The van der Waals surface area contributed by atoms with Crippen LogP contribution in [-0.2, 0) is 0 Å². The predicted octanol–water partition coefficient (Wildman–Crippen LogP) is 1.64. The minimum absolute atomic E-state index is 0.822. The summed E-state index contributed by atoms with van der Waals surface area (Å²) in [5, 5.41) is 7.00. The van der Waals surface area contributed by atoms with Crippen molar-refractivity contribution in [3.8, 4) is 0 Å². The summed E-state index contributed by atoms with van der Waals surface area (Å²) in [6.07, 6.45) is 5.32. The molecule has 10 heavy (non-hydrogen) atoms. The van der Waals surface area contributed by atoms with Crippen molar-refractivity contribution < 1.29 is 5.11 Å². The number of thiol groups is 1. The third-order valence-electron chi connectivity index (χ3n) is 0.561. The van der Waals surface area contributed by atoms with Crippen molar-refractivity contribution in [2.24, 2.45) is 4.99 Å². The number of rotatable bonds is 2. The maximum Gasteiger partial charge on any atom is 0.0393 e. The molecule has 0 atom stereocenters. The van der Waals surface area contributed by atoms with Crippen LogP contribution in [0.5, 0.6) is 0 Å². The molecule has 0 aliphatic carbocycles. The van der Waals surface area contributed by atoms with Crippen molar-refractivity contribution in [2.45, 2.75) is 6.92 Å². The van der Waals surface area contributed by atoms with E-state index in [0.29, 0.717) is 0 Å². The topological polar surface area (TPSA) is 32.6 Å². The number of aliphatic imine (C=N–C) groups is 1. The van der Waals surface area contributed by atoms with Gasteiger partial charge >= 0.3 is 0 Å². The van der Waals surface area contributed by atoms with E-state index < -0.39 is 0 Å². The van der Waals surface area contributed by atoms with Crippen LogP contribution in [0.15, 0.2) is 28.2 Å². The Hall–Kier alpha value is -0.540. The van der Waals surface area contributed by atoms with Gasteiger partial charge in [0.25, 0.3) is 0 Å². The molecule has 0 amide bonds. The molecule has 0 rings (SSSR count). The van der Waals surface area contributed by atoms with E-state index >= 15 is 0 Å². The standard InChI is InChI=1S/C6H9NS.CH4O/c1-3-4-6(8)5-7-2;1-2/h3-5,8H,2H2,1H3;2H,1H3/b4-3-,6-5+;. The maximum atomic E-state index is 7.00. The van der Waals surface area contributed by atoms with Crippen LogP contribution in [0.3, 0.4) is 0 Å². The Labute approximate surface area is 67.4 Å². The van der Waals surface area contributed by atoms with Gasteiger partial charge in [0, 0.05) is 18.2 Å². The second-order valence-electron chi connectivity index (χ2n) is 1.24. The van der Waals surface area contributed by atoms with Gasteiger partial charge in [0.2, 0.25) is 0 Å². The predicted molar refractivity (Wildman–Crippen MR) is 49.6 cm³/mol. The van der Waals surface area contributed by atoms with E-state index in [1.54, 1.807) is 6.20 Å². The first-order valence-corrected chi connectivity index (χ1v) is 3.18. The summed E-state index contributed by atoms with van der Waals surface area (Å²) in [5.74, 6) is 0. The summed E-state index contributed by atoms with van der Waals surface area (Å²) >= 11 is 4.03. The Morgan fingerprint density at radius 1 is 1.60 bits per heavy atom.